The molecule has 5 heteroatoms. The standard InChI is InChI=1S/C14H20FNO2S/c1-2-16-14(11-6-7-18-9-11)10-19(17)13-5-3-4-12(15)8-13/h3-5,8,11,14,16H,2,6-7,9-10H2,1H3. The lowest BCUT2D eigenvalue weighted by atomic mass is 10.0. The fourth-order valence-corrected chi connectivity index (χ4v) is 3.74. The topological polar surface area (TPSA) is 38.3 Å². The molecule has 0 radical (unpaired) electrons. The van der Waals surface area contributed by atoms with E-state index >= 15 is 0 Å². The number of rotatable bonds is 6. The molecule has 1 aliphatic heterocycles. The van der Waals surface area contributed by atoms with E-state index in [1.54, 1.807) is 12.1 Å². The first-order valence-corrected chi connectivity index (χ1v) is 7.97. The van der Waals surface area contributed by atoms with Crippen molar-refractivity contribution in [2.24, 2.45) is 5.92 Å². The second-order valence-corrected chi connectivity index (χ2v) is 6.25. The SMILES string of the molecule is CCNC(CS(=O)c1cccc(F)c1)C1CCOC1. The minimum Gasteiger partial charge on any atom is -0.381 e. The second-order valence-electron chi connectivity index (χ2n) is 4.76. The van der Waals surface area contributed by atoms with E-state index in [2.05, 4.69) is 5.32 Å². The predicted molar refractivity (Wildman–Crippen MR) is 74.1 cm³/mol. The summed E-state index contributed by atoms with van der Waals surface area (Å²) >= 11 is 0. The summed E-state index contributed by atoms with van der Waals surface area (Å²) in [6.45, 7) is 4.37. The van der Waals surface area contributed by atoms with Crippen LogP contribution in [0.2, 0.25) is 0 Å². The van der Waals surface area contributed by atoms with Gasteiger partial charge in [-0.2, -0.15) is 0 Å². The fraction of sp³-hybridized carbons (Fsp3) is 0.571. The summed E-state index contributed by atoms with van der Waals surface area (Å²) in [5, 5.41) is 3.37. The first kappa shape index (κ1) is 14.6. The largest absolute Gasteiger partial charge is 0.381 e. The van der Waals surface area contributed by atoms with Crippen LogP contribution < -0.4 is 5.32 Å². The van der Waals surface area contributed by atoms with Crippen molar-refractivity contribution >= 4 is 10.8 Å². The quantitative estimate of drug-likeness (QED) is 0.868. The molecule has 0 spiro atoms. The van der Waals surface area contributed by atoms with Crippen LogP contribution in [0.15, 0.2) is 29.2 Å². The van der Waals surface area contributed by atoms with Crippen molar-refractivity contribution in [1.82, 2.24) is 5.32 Å². The van der Waals surface area contributed by atoms with E-state index in [9.17, 15) is 8.60 Å². The van der Waals surface area contributed by atoms with E-state index in [4.69, 9.17) is 4.74 Å². The zero-order valence-electron chi connectivity index (χ0n) is 11.1. The summed E-state index contributed by atoms with van der Waals surface area (Å²) in [4.78, 5) is 0.557. The first-order chi connectivity index (χ1) is 9.20. The number of hydrogen-bond acceptors (Lipinski definition) is 3. The van der Waals surface area contributed by atoms with E-state index in [0.717, 1.165) is 26.2 Å². The van der Waals surface area contributed by atoms with Crippen molar-refractivity contribution in [2.75, 3.05) is 25.5 Å². The number of ether oxygens (including phenoxy) is 1. The number of nitrogens with one attached hydrogen (secondary N) is 1. The minimum absolute atomic E-state index is 0.164. The maximum Gasteiger partial charge on any atom is 0.124 e. The zero-order chi connectivity index (χ0) is 13.7. The lowest BCUT2D eigenvalue weighted by Crippen LogP contribution is -2.40. The molecule has 1 aromatic rings. The van der Waals surface area contributed by atoms with E-state index in [1.165, 1.54) is 12.1 Å². The lowest BCUT2D eigenvalue weighted by Gasteiger charge is -2.22. The van der Waals surface area contributed by atoms with Crippen molar-refractivity contribution in [3.63, 3.8) is 0 Å². The normalized spacial score (nSPS) is 22.3. The van der Waals surface area contributed by atoms with E-state index < -0.39 is 10.8 Å². The molecule has 0 saturated carbocycles. The van der Waals surface area contributed by atoms with Gasteiger partial charge in [-0.25, -0.2) is 4.39 Å². The van der Waals surface area contributed by atoms with Gasteiger partial charge in [-0.15, -0.1) is 0 Å². The van der Waals surface area contributed by atoms with Crippen molar-refractivity contribution in [1.29, 1.82) is 0 Å². The average Bonchev–Trinajstić information content (AvgIpc) is 2.92. The monoisotopic (exact) mass is 285 g/mol. The smallest absolute Gasteiger partial charge is 0.124 e. The van der Waals surface area contributed by atoms with Crippen molar-refractivity contribution in [2.45, 2.75) is 24.3 Å². The molecule has 3 atom stereocenters. The molecule has 19 heavy (non-hydrogen) atoms. The molecule has 106 valence electrons. The van der Waals surface area contributed by atoms with E-state index in [1.807, 2.05) is 6.92 Å². The molecule has 1 N–H and O–H groups in total. The summed E-state index contributed by atoms with van der Waals surface area (Å²) in [5.41, 5.74) is 0. The molecular formula is C14H20FNO2S. The van der Waals surface area contributed by atoms with Crippen LogP contribution in [0.25, 0.3) is 0 Å². The highest BCUT2D eigenvalue weighted by molar-refractivity contribution is 7.85. The highest BCUT2D eigenvalue weighted by atomic mass is 32.2. The van der Waals surface area contributed by atoms with E-state index in [0.29, 0.717) is 16.6 Å². The molecule has 1 saturated heterocycles. The van der Waals surface area contributed by atoms with Crippen LogP contribution in [-0.4, -0.2) is 35.8 Å². The Labute approximate surface area is 116 Å². The summed E-state index contributed by atoms with van der Waals surface area (Å²) < 4.78 is 30.8. The van der Waals surface area contributed by atoms with Crippen LogP contribution in [0, 0.1) is 11.7 Å². The Bertz CT molecular complexity index is 435. The molecular weight excluding hydrogens is 265 g/mol. The molecule has 3 unspecified atom stereocenters. The minimum atomic E-state index is -1.18. The van der Waals surface area contributed by atoms with Gasteiger partial charge >= 0.3 is 0 Å². The van der Waals surface area contributed by atoms with Gasteiger partial charge in [-0.1, -0.05) is 13.0 Å². The lowest BCUT2D eigenvalue weighted by molar-refractivity contribution is 0.179. The first-order valence-electron chi connectivity index (χ1n) is 6.65. The van der Waals surface area contributed by atoms with Crippen molar-refractivity contribution in [3.05, 3.63) is 30.1 Å². The third-order valence-corrected chi connectivity index (χ3v) is 4.83. The van der Waals surface area contributed by atoms with Crippen molar-refractivity contribution < 1.29 is 13.3 Å². The highest BCUT2D eigenvalue weighted by Crippen LogP contribution is 2.19. The van der Waals surface area contributed by atoms with Gasteiger partial charge in [0.2, 0.25) is 0 Å². The molecule has 0 aromatic heterocycles. The van der Waals surface area contributed by atoms with Crippen LogP contribution in [-0.2, 0) is 15.5 Å². The third-order valence-electron chi connectivity index (χ3n) is 3.39. The second kappa shape index (κ2) is 7.12. The maximum atomic E-state index is 13.1. The van der Waals surface area contributed by atoms with Crippen LogP contribution in [0.4, 0.5) is 4.39 Å². The predicted octanol–water partition coefficient (Wildman–Crippen LogP) is 1.95. The molecule has 1 aliphatic rings. The van der Waals surface area contributed by atoms with Crippen LogP contribution in [0.5, 0.6) is 0 Å². The zero-order valence-corrected chi connectivity index (χ0v) is 11.9. The van der Waals surface area contributed by atoms with Gasteiger partial charge < -0.3 is 10.1 Å². The van der Waals surface area contributed by atoms with Crippen LogP contribution >= 0.6 is 0 Å². The van der Waals surface area contributed by atoms with Gasteiger partial charge in [0, 0.05) is 29.2 Å². The molecule has 1 fully saturated rings. The number of hydrogen-bond donors (Lipinski definition) is 1. The van der Waals surface area contributed by atoms with Gasteiger partial charge in [0.25, 0.3) is 0 Å². The summed E-state index contributed by atoms with van der Waals surface area (Å²) in [7, 11) is -1.18. The van der Waals surface area contributed by atoms with Gasteiger partial charge in [-0.05, 0) is 31.2 Å². The van der Waals surface area contributed by atoms with Crippen LogP contribution in [0.1, 0.15) is 13.3 Å². The van der Waals surface area contributed by atoms with Gasteiger partial charge in [0.1, 0.15) is 5.82 Å². The Morgan fingerprint density at radius 1 is 1.58 bits per heavy atom. The highest BCUT2D eigenvalue weighted by Gasteiger charge is 2.27. The van der Waals surface area contributed by atoms with Gasteiger partial charge in [0.15, 0.2) is 0 Å². The fourth-order valence-electron chi connectivity index (χ4n) is 2.36. The summed E-state index contributed by atoms with van der Waals surface area (Å²) in [5.74, 6) is 0.568. The van der Waals surface area contributed by atoms with Crippen LogP contribution in [0.3, 0.4) is 0 Å². The number of benzene rings is 1. The van der Waals surface area contributed by atoms with Gasteiger partial charge in [-0.3, -0.25) is 4.21 Å². The molecule has 0 aliphatic carbocycles. The Morgan fingerprint density at radius 2 is 2.42 bits per heavy atom. The molecule has 2 rings (SSSR count). The molecule has 0 amide bonds. The summed E-state index contributed by atoms with van der Waals surface area (Å²) in [6.07, 6.45) is 0.998. The van der Waals surface area contributed by atoms with E-state index in [-0.39, 0.29) is 11.9 Å². The van der Waals surface area contributed by atoms with Gasteiger partial charge in [0.05, 0.1) is 17.4 Å². The Kier molecular flexibility index (Phi) is 5.48. The Hall–Kier alpha value is -0.780. The summed E-state index contributed by atoms with van der Waals surface area (Å²) in [6, 6.07) is 6.20. The molecule has 1 aromatic carbocycles. The average molecular weight is 285 g/mol. The maximum absolute atomic E-state index is 13.1. The molecule has 3 nitrogen and oxygen atoms in total. The molecule has 1 heterocycles. The Morgan fingerprint density at radius 3 is 3.05 bits per heavy atom. The third kappa shape index (κ3) is 4.09. The van der Waals surface area contributed by atoms with Crippen molar-refractivity contribution in [3.8, 4) is 0 Å². The Balaban J connectivity index is 2.01. The molecule has 0 bridgehead atoms. The number of halogens is 1.